The number of rotatable bonds is 18. The van der Waals surface area contributed by atoms with Crippen LogP contribution in [-0.2, 0) is 34.7 Å². The highest BCUT2D eigenvalue weighted by molar-refractivity contribution is 7.89. The zero-order chi connectivity index (χ0) is 51.7. The molecule has 400 valence electrons. The molecule has 6 aliphatic rings. The number of sulfone groups is 1. The third kappa shape index (κ3) is 14.6. The fourth-order valence-corrected chi connectivity index (χ4v) is 12.2. The Labute approximate surface area is 458 Å². The lowest BCUT2D eigenvalue weighted by Gasteiger charge is -2.51. The second-order valence-electron chi connectivity index (χ2n) is 20.8. The van der Waals surface area contributed by atoms with Gasteiger partial charge in [-0.2, -0.15) is 0 Å². The number of hydrogen-bond donors (Lipinski definition) is 3. The molecule has 0 amide bonds. The van der Waals surface area contributed by atoms with Gasteiger partial charge in [-0.05, 0) is 65.2 Å². The van der Waals surface area contributed by atoms with Gasteiger partial charge in [0.2, 0.25) is 11.6 Å². The van der Waals surface area contributed by atoms with E-state index in [1.165, 1.54) is 6.26 Å². The highest BCUT2D eigenvalue weighted by Gasteiger charge is 2.50. The first-order valence-corrected chi connectivity index (χ1v) is 27.8. The molecule has 6 aromatic carbocycles. The third-order valence-electron chi connectivity index (χ3n) is 15.4. The summed E-state index contributed by atoms with van der Waals surface area (Å²) in [6, 6.07) is 51.4. The molecule has 0 spiro atoms. The van der Waals surface area contributed by atoms with Crippen LogP contribution in [-0.4, -0.2) is 112 Å². The van der Waals surface area contributed by atoms with Crippen LogP contribution < -0.4 is 33.3 Å². The van der Waals surface area contributed by atoms with Crippen molar-refractivity contribution in [1.29, 1.82) is 0 Å². The lowest BCUT2D eigenvalue weighted by Crippen LogP contribution is -3.00. The lowest BCUT2D eigenvalue weighted by molar-refractivity contribution is -0.938. The molecule has 0 radical (unpaired) electrons. The zero-order valence-corrected chi connectivity index (χ0v) is 44.7. The molecule has 76 heavy (non-hydrogen) atoms. The number of benzene rings is 6. The molecule has 13 nitrogen and oxygen atoms in total. The summed E-state index contributed by atoms with van der Waals surface area (Å²) < 4.78 is 36.9. The number of fused-ring (bicyclic) bond motifs is 6. The van der Waals surface area contributed by atoms with Crippen molar-refractivity contribution in [3.05, 3.63) is 198 Å². The van der Waals surface area contributed by atoms with Gasteiger partial charge >= 0.3 is 11.9 Å². The Morgan fingerprint density at radius 2 is 0.882 bits per heavy atom. The molecule has 4 bridgehead atoms. The average Bonchev–Trinajstić information content (AvgIpc) is 3.41. The fourth-order valence-electron chi connectivity index (χ4n) is 11.4. The number of nitrogens with one attached hydrogen (secondary N) is 2. The van der Waals surface area contributed by atoms with Crippen molar-refractivity contribution in [1.82, 2.24) is 0 Å². The Balaban J connectivity index is 0.000000217. The average molecular weight is 1110 g/mol. The van der Waals surface area contributed by atoms with Crippen molar-refractivity contribution in [3.8, 4) is 0 Å². The summed E-state index contributed by atoms with van der Waals surface area (Å²) in [5.41, 5.74) is 11.8. The summed E-state index contributed by atoms with van der Waals surface area (Å²) in [7, 11) is -3.13. The van der Waals surface area contributed by atoms with E-state index in [9.17, 15) is 27.6 Å². The minimum absolute atomic E-state index is 0. The van der Waals surface area contributed by atoms with E-state index in [0.717, 1.165) is 74.4 Å². The van der Waals surface area contributed by atoms with Gasteiger partial charge in [-0.15, -0.1) is 0 Å². The maximum atomic E-state index is 13.6. The molecule has 6 heterocycles. The molecule has 0 aliphatic carbocycles. The maximum Gasteiger partial charge on any atom is 0.333 e. The Bertz CT molecular complexity index is 2970. The van der Waals surface area contributed by atoms with Crippen LogP contribution in [0.15, 0.2) is 170 Å². The minimum Gasteiger partial charge on any atom is -1.00 e. The van der Waals surface area contributed by atoms with E-state index in [1.807, 2.05) is 121 Å². The summed E-state index contributed by atoms with van der Waals surface area (Å²) in [6.07, 6.45) is 4.54. The van der Waals surface area contributed by atoms with Crippen LogP contribution in [0.25, 0.3) is 0 Å². The highest BCUT2D eigenvalue weighted by Crippen LogP contribution is 2.38. The van der Waals surface area contributed by atoms with E-state index in [-0.39, 0.29) is 65.9 Å². The number of carbonyl (C=O) groups is 4. The quantitative estimate of drug-likeness (QED) is 0.0371. The van der Waals surface area contributed by atoms with E-state index in [4.69, 9.17) is 15.2 Å². The molecule has 15 heteroatoms. The second kappa shape index (κ2) is 25.5. The topological polar surface area (TPSA) is 171 Å². The van der Waals surface area contributed by atoms with E-state index in [2.05, 4.69) is 10.6 Å². The standard InChI is InChI=1S/C31H35N2O5S.C29H31N3O3.CH4.BrH/c1-39(36,37)22-23-12-14-24(15-13-23)28(34)20-33-18-16-25(17-19-33)29(21-33)38-31(35)30(26-8-4-2-5-9-26)32-27-10-6-3-7-11-27;30-24-13-11-21(12-14-24)26(33)19-32-17-15-22(16-18-32)27(20-32)35-29(34)28(23-7-3-1-4-8-23)31-25-9-5-2-6-10-25;;/h2-15,25,29-30,32H,16-22H2,1H3;1-14,22,27-28,31H,15-20H2,(H-,30,33);1H4;1H/q+1;;;/t25?,29-,30+,33?;22?,27-,28+,32?;;/m00../s1. The van der Waals surface area contributed by atoms with E-state index in [0.29, 0.717) is 69.4 Å². The predicted octanol–water partition coefficient (Wildman–Crippen LogP) is 6.52. The van der Waals surface area contributed by atoms with Gasteiger partial charge in [0.1, 0.15) is 26.2 Å². The van der Waals surface area contributed by atoms with Gasteiger partial charge in [-0.3, -0.25) is 9.59 Å². The van der Waals surface area contributed by atoms with Crippen molar-refractivity contribution >= 4 is 50.4 Å². The second-order valence-corrected chi connectivity index (χ2v) is 23.0. The number of halogens is 1. The first-order valence-electron chi connectivity index (χ1n) is 25.7. The van der Waals surface area contributed by atoms with Crippen molar-refractivity contribution < 1.29 is 63.0 Å². The van der Waals surface area contributed by atoms with Gasteiger partial charge < -0.3 is 51.8 Å². The summed E-state index contributed by atoms with van der Waals surface area (Å²) >= 11 is 0. The molecule has 0 aromatic heterocycles. The number of para-hydroxylation sites is 2. The van der Waals surface area contributed by atoms with Crippen molar-refractivity contribution in [2.75, 3.05) is 75.0 Å². The molecule has 6 aliphatic heterocycles. The summed E-state index contributed by atoms with van der Waals surface area (Å²) in [4.78, 5) is 53.4. The molecule has 0 unspecified atom stereocenters. The van der Waals surface area contributed by atoms with Crippen LogP contribution in [0.1, 0.15) is 82.6 Å². The van der Waals surface area contributed by atoms with Crippen molar-refractivity contribution in [3.63, 3.8) is 0 Å². The summed E-state index contributed by atoms with van der Waals surface area (Å²) in [5.74, 6) is 0.157. The largest absolute Gasteiger partial charge is 1.00 e. The number of ketones is 2. The van der Waals surface area contributed by atoms with E-state index < -0.39 is 21.9 Å². The lowest BCUT2D eigenvalue weighted by atomic mass is 9.82. The number of Topliss-reactive ketones (excluding diaryl/α,β-unsaturated/α-hetero) is 2. The molecule has 0 saturated carbocycles. The smallest absolute Gasteiger partial charge is 0.333 e. The minimum atomic E-state index is -3.13. The number of ether oxygens (including phenoxy) is 2. The van der Waals surface area contributed by atoms with E-state index in [1.54, 1.807) is 48.5 Å². The Morgan fingerprint density at radius 1 is 0.539 bits per heavy atom. The first-order chi connectivity index (χ1) is 35.7. The first kappa shape index (κ1) is 57.1. The number of nitrogens with two attached hydrogens (primary N) is 1. The number of nitrogens with zero attached hydrogens (tertiary/aromatic N) is 2. The summed E-state index contributed by atoms with van der Waals surface area (Å²) in [6.45, 7) is 5.76. The number of hydrogen-bond acceptors (Lipinski definition) is 11. The van der Waals surface area contributed by atoms with Gasteiger partial charge in [-0.25, -0.2) is 18.0 Å². The zero-order valence-electron chi connectivity index (χ0n) is 42.3. The molecule has 6 saturated heterocycles. The fraction of sp³-hybridized carbons (Fsp3) is 0.344. The van der Waals surface area contributed by atoms with E-state index >= 15 is 0 Å². The SMILES string of the molecule is C.CS(=O)(=O)Cc1ccc(C(=O)C[N+]23CCC(CC2)[C@@H](OC(=O)[C@H](Nc2ccccc2)c2ccccc2)C3)cc1.Nc1ccc(C(=O)C[N+]23CCC(CC2)[C@@H](OC(=O)[C@H](Nc2ccccc2)c2ccccc2)C3)cc1.[Br-]. The monoisotopic (exact) mass is 1110 g/mol. The Morgan fingerprint density at radius 3 is 1.24 bits per heavy atom. The number of piperidine rings is 6. The van der Waals surface area contributed by atoms with Gasteiger partial charge in [0.15, 0.2) is 34.1 Å². The van der Waals surface area contributed by atoms with Crippen LogP contribution in [0.4, 0.5) is 17.1 Å². The van der Waals surface area contributed by atoms with Crippen LogP contribution in [0, 0.1) is 11.8 Å². The van der Waals surface area contributed by atoms with Gasteiger partial charge in [0.05, 0.1) is 31.9 Å². The number of esters is 2. The van der Waals surface area contributed by atoms with Gasteiger partial charge in [-0.1, -0.05) is 129 Å². The molecular formula is C61H71BrN5O8S+. The van der Waals surface area contributed by atoms with Crippen molar-refractivity contribution in [2.24, 2.45) is 11.8 Å². The number of nitrogen functional groups attached to an aromatic ring is 1. The third-order valence-corrected chi connectivity index (χ3v) is 16.3. The molecule has 4 N–H and O–H groups in total. The normalized spacial score (nSPS) is 22.9. The van der Waals surface area contributed by atoms with Gasteiger partial charge in [0.25, 0.3) is 0 Å². The number of quaternary nitrogens is 2. The van der Waals surface area contributed by atoms with Crippen LogP contribution in [0.2, 0.25) is 0 Å². The molecular weight excluding hydrogens is 1040 g/mol. The predicted molar refractivity (Wildman–Crippen MR) is 294 cm³/mol. The van der Waals surface area contributed by atoms with Crippen molar-refractivity contribution in [2.45, 2.75) is 63.2 Å². The summed E-state index contributed by atoms with van der Waals surface area (Å²) in [5, 5.41) is 6.69. The molecule has 12 rings (SSSR count). The molecule has 6 fully saturated rings. The Kier molecular flexibility index (Phi) is 19.1. The van der Waals surface area contributed by atoms with Crippen LogP contribution in [0.5, 0.6) is 0 Å². The highest BCUT2D eigenvalue weighted by atomic mass is 79.9. The van der Waals surface area contributed by atoms with Crippen LogP contribution >= 0.6 is 0 Å². The number of carbonyl (C=O) groups excluding carboxylic acids is 4. The number of anilines is 3. The van der Waals surface area contributed by atoms with Gasteiger partial charge in [0, 0.05) is 72.0 Å². The molecule has 4 atom stereocenters. The molecule has 6 aromatic rings. The van der Waals surface area contributed by atoms with Crippen LogP contribution in [0.3, 0.4) is 0 Å². The Hall–Kier alpha value is -6.65. The maximum absolute atomic E-state index is 13.6.